The van der Waals surface area contributed by atoms with E-state index in [1.54, 1.807) is 18.2 Å². The van der Waals surface area contributed by atoms with Gasteiger partial charge in [-0.1, -0.05) is 29.8 Å². The van der Waals surface area contributed by atoms with Crippen molar-refractivity contribution in [2.75, 3.05) is 0 Å². The summed E-state index contributed by atoms with van der Waals surface area (Å²) in [6.07, 6.45) is 1.46. The lowest BCUT2D eigenvalue weighted by atomic mass is 10.3. The Balaban J connectivity index is 0.00000133. The number of fused-ring (bicyclic) bond motifs is 1. The Labute approximate surface area is 122 Å². The van der Waals surface area contributed by atoms with Crippen molar-refractivity contribution in [3.8, 4) is 0 Å². The van der Waals surface area contributed by atoms with E-state index in [0.29, 0.717) is 20.5 Å². The van der Waals surface area contributed by atoms with Gasteiger partial charge in [0.15, 0.2) is 5.84 Å². The van der Waals surface area contributed by atoms with Gasteiger partial charge in [0.1, 0.15) is 5.69 Å². The lowest BCUT2D eigenvalue weighted by Gasteiger charge is -2.19. The van der Waals surface area contributed by atoms with Gasteiger partial charge in [-0.25, -0.2) is 0 Å². The maximum Gasteiger partial charge on any atom is 0.156 e. The third kappa shape index (κ3) is 2.14. The molecule has 1 aromatic heterocycles. The molecule has 0 aliphatic carbocycles. The average Bonchev–Trinajstić information content (AvgIpc) is 2.63. The molecule has 0 saturated heterocycles. The molecular weight excluding hydrogens is 305 g/mol. The number of hydrogen-bond donors (Lipinski definition) is 3. The number of halogens is 2. The number of benzene rings is 1. The van der Waals surface area contributed by atoms with Gasteiger partial charge in [-0.3, -0.25) is 14.6 Å². The predicted octanol–water partition coefficient (Wildman–Crippen LogP) is 2.44. The molecule has 0 saturated carbocycles. The van der Waals surface area contributed by atoms with Crippen LogP contribution >= 0.6 is 24.0 Å². The van der Waals surface area contributed by atoms with Crippen molar-refractivity contribution in [1.29, 1.82) is 5.41 Å². The molecule has 100 valence electrons. The van der Waals surface area contributed by atoms with E-state index in [-0.39, 0.29) is 18.2 Å². The van der Waals surface area contributed by atoms with E-state index in [2.05, 4.69) is 9.71 Å². The van der Waals surface area contributed by atoms with E-state index in [1.807, 2.05) is 18.2 Å². The fraction of sp³-hybridized carbons (Fsp3) is 0. The van der Waals surface area contributed by atoms with E-state index < -0.39 is 10.1 Å². The summed E-state index contributed by atoms with van der Waals surface area (Å²) in [4.78, 5) is 5.23. The van der Waals surface area contributed by atoms with E-state index >= 15 is 0 Å². The van der Waals surface area contributed by atoms with Crippen LogP contribution in [0.25, 0.3) is 0 Å². The summed E-state index contributed by atoms with van der Waals surface area (Å²) in [5, 5.41) is 8.23. The second-order valence-electron chi connectivity index (χ2n) is 3.95. The SMILES string of the molecule is Cl.N=C1N[SH](=O)(c2ccccc2)c2cc(Cl)cnc21. The molecule has 1 aliphatic heterocycles. The highest BCUT2D eigenvalue weighted by Gasteiger charge is 2.33. The Morgan fingerprint density at radius 2 is 1.95 bits per heavy atom. The number of aromatic nitrogens is 1. The normalized spacial score (nSPS) is 17.0. The molecule has 0 unspecified atom stereocenters. The van der Waals surface area contributed by atoms with Crippen LogP contribution in [0.4, 0.5) is 0 Å². The Bertz CT molecular complexity index is 691. The van der Waals surface area contributed by atoms with Crippen LogP contribution in [-0.4, -0.2) is 15.0 Å². The van der Waals surface area contributed by atoms with Crippen molar-refractivity contribution in [2.45, 2.75) is 9.79 Å². The quantitative estimate of drug-likeness (QED) is 0.708. The number of rotatable bonds is 1. The number of thiol groups is 1. The molecule has 0 fully saturated rings. The maximum absolute atomic E-state index is 13.0. The predicted molar refractivity (Wildman–Crippen MR) is 79.0 cm³/mol. The van der Waals surface area contributed by atoms with Crippen LogP contribution in [0.1, 0.15) is 5.69 Å². The minimum atomic E-state index is -3.02. The zero-order valence-corrected chi connectivity index (χ0v) is 12.1. The number of hydrogen-bond acceptors (Lipinski definition) is 3. The number of nitrogens with zero attached hydrogens (tertiary/aromatic N) is 1. The summed E-state index contributed by atoms with van der Waals surface area (Å²) in [5.41, 5.74) is 0.409. The zero-order valence-electron chi connectivity index (χ0n) is 9.63. The molecule has 1 aromatic carbocycles. The summed E-state index contributed by atoms with van der Waals surface area (Å²) in [6.45, 7) is 0. The second kappa shape index (κ2) is 4.92. The van der Waals surface area contributed by atoms with Gasteiger partial charge >= 0.3 is 0 Å². The van der Waals surface area contributed by atoms with Crippen LogP contribution in [0, 0.1) is 5.41 Å². The first-order valence-corrected chi connectivity index (χ1v) is 7.39. The molecular formula is C12H11Cl2N3OS. The molecule has 4 nitrogen and oxygen atoms in total. The largest absolute Gasteiger partial charge is 0.303 e. The van der Waals surface area contributed by atoms with Crippen LogP contribution in [0.3, 0.4) is 0 Å². The standard InChI is InChI=1S/C12H10ClN3OS.ClH/c13-8-6-10-11(15-7-8)12(14)16-18(10,17)9-4-2-1-3-5-9;/h1-7,18H,(H2,14,16,17);1H. The first-order valence-electron chi connectivity index (χ1n) is 5.30. The molecule has 7 heteroatoms. The summed E-state index contributed by atoms with van der Waals surface area (Å²) in [5.74, 6) is 0.0776. The number of amidine groups is 1. The molecule has 0 atom stereocenters. The zero-order chi connectivity index (χ0) is 12.8. The average molecular weight is 316 g/mol. The second-order valence-corrected chi connectivity index (χ2v) is 6.83. The Morgan fingerprint density at radius 1 is 1.26 bits per heavy atom. The first-order chi connectivity index (χ1) is 8.61. The fourth-order valence-corrected chi connectivity index (χ4v) is 4.54. The lowest BCUT2D eigenvalue weighted by Crippen LogP contribution is -2.28. The molecule has 19 heavy (non-hydrogen) atoms. The Morgan fingerprint density at radius 3 is 2.63 bits per heavy atom. The summed E-state index contributed by atoms with van der Waals surface area (Å²) in [6, 6.07) is 10.7. The molecule has 0 spiro atoms. The van der Waals surface area contributed by atoms with Crippen molar-refractivity contribution < 1.29 is 4.21 Å². The topological polar surface area (TPSA) is 65.8 Å². The van der Waals surface area contributed by atoms with Crippen LogP contribution in [0.5, 0.6) is 0 Å². The molecule has 2 N–H and O–H groups in total. The fourth-order valence-electron chi connectivity index (χ4n) is 1.97. The molecule has 1 aliphatic rings. The summed E-state index contributed by atoms with van der Waals surface area (Å²) in [7, 11) is -3.02. The molecule has 2 heterocycles. The Kier molecular flexibility index (Phi) is 3.62. The third-order valence-corrected chi connectivity index (χ3v) is 5.59. The van der Waals surface area contributed by atoms with Crippen molar-refractivity contribution in [3.63, 3.8) is 0 Å². The van der Waals surface area contributed by atoms with Crippen LogP contribution in [-0.2, 0) is 10.1 Å². The highest BCUT2D eigenvalue weighted by atomic mass is 35.5. The molecule has 2 aromatic rings. The summed E-state index contributed by atoms with van der Waals surface area (Å²) >= 11 is 5.90. The van der Waals surface area contributed by atoms with E-state index in [0.717, 1.165) is 0 Å². The number of nitrogens with one attached hydrogen (secondary N) is 2. The van der Waals surface area contributed by atoms with Crippen molar-refractivity contribution in [3.05, 3.63) is 53.3 Å². The van der Waals surface area contributed by atoms with Crippen LogP contribution in [0.15, 0.2) is 52.4 Å². The van der Waals surface area contributed by atoms with E-state index in [9.17, 15) is 4.21 Å². The summed E-state index contributed by atoms with van der Waals surface area (Å²) < 4.78 is 15.8. The van der Waals surface area contributed by atoms with Gasteiger partial charge in [-0.2, -0.15) is 0 Å². The van der Waals surface area contributed by atoms with Gasteiger partial charge < -0.3 is 4.72 Å². The van der Waals surface area contributed by atoms with Crippen molar-refractivity contribution in [1.82, 2.24) is 9.71 Å². The minimum Gasteiger partial charge on any atom is -0.303 e. The third-order valence-electron chi connectivity index (χ3n) is 2.80. The van der Waals surface area contributed by atoms with Crippen LogP contribution < -0.4 is 4.72 Å². The highest BCUT2D eigenvalue weighted by Crippen LogP contribution is 2.34. The lowest BCUT2D eigenvalue weighted by molar-refractivity contribution is 0.669. The molecule has 3 rings (SSSR count). The number of pyridine rings is 1. The van der Waals surface area contributed by atoms with Gasteiger partial charge in [0.05, 0.1) is 9.92 Å². The van der Waals surface area contributed by atoms with E-state index in [1.165, 1.54) is 6.20 Å². The molecule has 0 amide bonds. The van der Waals surface area contributed by atoms with Gasteiger partial charge in [0, 0.05) is 21.2 Å². The molecule has 0 bridgehead atoms. The van der Waals surface area contributed by atoms with Gasteiger partial charge in [0.25, 0.3) is 0 Å². The minimum absolute atomic E-state index is 0. The van der Waals surface area contributed by atoms with E-state index in [4.69, 9.17) is 17.0 Å². The Hall–Kier alpha value is -1.43. The van der Waals surface area contributed by atoms with Gasteiger partial charge in [-0.15, -0.1) is 12.4 Å². The molecule has 0 radical (unpaired) electrons. The van der Waals surface area contributed by atoms with Crippen molar-refractivity contribution >= 4 is 40.0 Å². The first kappa shape index (κ1) is 14.0. The highest BCUT2D eigenvalue weighted by molar-refractivity contribution is 8.02. The monoisotopic (exact) mass is 315 g/mol. The maximum atomic E-state index is 13.0. The van der Waals surface area contributed by atoms with Crippen LogP contribution in [0.2, 0.25) is 5.02 Å². The van der Waals surface area contributed by atoms with Gasteiger partial charge in [0.2, 0.25) is 0 Å². The van der Waals surface area contributed by atoms with Crippen molar-refractivity contribution in [2.24, 2.45) is 0 Å². The smallest absolute Gasteiger partial charge is 0.156 e. The van der Waals surface area contributed by atoms with Gasteiger partial charge in [-0.05, 0) is 18.2 Å².